The molecular weight excluding hydrogens is 228 g/mol. The van der Waals surface area contributed by atoms with Crippen molar-refractivity contribution in [3.05, 3.63) is 38.9 Å². The maximum absolute atomic E-state index is 10.9. The summed E-state index contributed by atoms with van der Waals surface area (Å²) < 4.78 is 0. The molecule has 2 atom stereocenters. The Hall–Kier alpha value is -1.13. The second-order valence-corrected chi connectivity index (χ2v) is 4.31. The predicted octanol–water partition coefficient (Wildman–Crippen LogP) is 3.29. The van der Waals surface area contributed by atoms with Gasteiger partial charge in [0.2, 0.25) is 0 Å². The highest BCUT2D eigenvalue weighted by atomic mass is 35.5. The molecule has 4 nitrogen and oxygen atoms in total. The summed E-state index contributed by atoms with van der Waals surface area (Å²) in [5, 5.41) is 11.3. The lowest BCUT2D eigenvalue weighted by Gasteiger charge is -2.18. The Kier molecular flexibility index (Phi) is 4.26. The van der Waals surface area contributed by atoms with Crippen LogP contribution in [-0.4, -0.2) is 4.92 Å². The number of nitro benzene ring substituents is 1. The van der Waals surface area contributed by atoms with Crippen LogP contribution in [0.1, 0.15) is 31.9 Å². The lowest BCUT2D eigenvalue weighted by Crippen LogP contribution is -2.19. The number of nitrogens with zero attached hydrogens (tertiary/aromatic N) is 1. The van der Waals surface area contributed by atoms with Crippen molar-refractivity contribution in [1.29, 1.82) is 0 Å². The topological polar surface area (TPSA) is 69.2 Å². The molecule has 0 aliphatic rings. The average Bonchev–Trinajstić information content (AvgIpc) is 2.26. The van der Waals surface area contributed by atoms with E-state index in [1.807, 2.05) is 13.8 Å². The van der Waals surface area contributed by atoms with Crippen molar-refractivity contribution < 1.29 is 4.92 Å². The van der Waals surface area contributed by atoms with Crippen LogP contribution in [0.15, 0.2) is 18.2 Å². The van der Waals surface area contributed by atoms with Gasteiger partial charge in [0.15, 0.2) is 0 Å². The minimum Gasteiger partial charge on any atom is -0.324 e. The van der Waals surface area contributed by atoms with Crippen LogP contribution in [0, 0.1) is 16.0 Å². The molecule has 0 heterocycles. The molecule has 0 saturated carbocycles. The average molecular weight is 243 g/mol. The van der Waals surface area contributed by atoms with Crippen LogP contribution in [-0.2, 0) is 0 Å². The van der Waals surface area contributed by atoms with E-state index in [0.29, 0.717) is 10.6 Å². The van der Waals surface area contributed by atoms with Gasteiger partial charge in [0.05, 0.1) is 4.92 Å². The van der Waals surface area contributed by atoms with E-state index in [9.17, 15) is 10.1 Å². The smallest absolute Gasteiger partial charge is 0.274 e. The number of nitrogens with two attached hydrogens (primary N) is 1. The number of rotatable bonds is 4. The van der Waals surface area contributed by atoms with E-state index in [4.69, 9.17) is 17.3 Å². The van der Waals surface area contributed by atoms with Crippen molar-refractivity contribution in [2.24, 2.45) is 11.7 Å². The van der Waals surface area contributed by atoms with Crippen LogP contribution >= 0.6 is 11.6 Å². The monoisotopic (exact) mass is 242 g/mol. The van der Waals surface area contributed by atoms with Crippen LogP contribution in [0.4, 0.5) is 5.69 Å². The Morgan fingerprint density at radius 2 is 2.19 bits per heavy atom. The van der Waals surface area contributed by atoms with Crippen LogP contribution in [0.3, 0.4) is 0 Å². The van der Waals surface area contributed by atoms with Gasteiger partial charge in [-0.15, -0.1) is 0 Å². The maximum atomic E-state index is 10.9. The molecule has 16 heavy (non-hydrogen) atoms. The molecule has 1 unspecified atom stereocenters. The standard InChI is InChI=1S/C11H15ClN2O2/c1-3-7(2)11(13)9-6-8(12)4-5-10(9)14(15)16/h4-7,11H,3,13H2,1-2H3/t7?,11-/m0/s1. The highest BCUT2D eigenvalue weighted by molar-refractivity contribution is 6.30. The van der Waals surface area contributed by atoms with Gasteiger partial charge in [-0.3, -0.25) is 10.1 Å². The van der Waals surface area contributed by atoms with Crippen LogP contribution < -0.4 is 5.73 Å². The molecule has 0 aliphatic heterocycles. The largest absolute Gasteiger partial charge is 0.324 e. The summed E-state index contributed by atoms with van der Waals surface area (Å²) in [4.78, 5) is 10.4. The van der Waals surface area contributed by atoms with Crippen LogP contribution in [0.25, 0.3) is 0 Å². The SMILES string of the molecule is CCC(C)[C@H](N)c1cc(Cl)ccc1[N+](=O)[O-]. The lowest BCUT2D eigenvalue weighted by atomic mass is 9.92. The molecule has 1 aromatic carbocycles. The zero-order chi connectivity index (χ0) is 12.3. The first-order valence-electron chi connectivity index (χ1n) is 5.16. The Morgan fingerprint density at radius 1 is 1.56 bits per heavy atom. The highest BCUT2D eigenvalue weighted by Gasteiger charge is 2.22. The first-order chi connectivity index (χ1) is 7.47. The van der Waals surface area contributed by atoms with Gasteiger partial charge < -0.3 is 5.73 Å². The molecule has 0 aromatic heterocycles. The van der Waals surface area contributed by atoms with Gasteiger partial charge in [-0.05, 0) is 18.1 Å². The van der Waals surface area contributed by atoms with Gasteiger partial charge >= 0.3 is 0 Å². The Morgan fingerprint density at radius 3 is 2.69 bits per heavy atom. The van der Waals surface area contributed by atoms with Gasteiger partial charge in [-0.25, -0.2) is 0 Å². The molecule has 0 radical (unpaired) electrons. The molecule has 88 valence electrons. The summed E-state index contributed by atoms with van der Waals surface area (Å²) in [6.07, 6.45) is 0.866. The molecule has 0 bridgehead atoms. The summed E-state index contributed by atoms with van der Waals surface area (Å²) >= 11 is 5.84. The number of benzene rings is 1. The predicted molar refractivity (Wildman–Crippen MR) is 64.5 cm³/mol. The van der Waals surface area contributed by atoms with E-state index in [1.165, 1.54) is 12.1 Å². The van der Waals surface area contributed by atoms with Crippen LogP contribution in [0.5, 0.6) is 0 Å². The number of hydrogen-bond acceptors (Lipinski definition) is 3. The minimum atomic E-state index is -0.423. The molecule has 0 amide bonds. The first kappa shape index (κ1) is 12.9. The zero-order valence-corrected chi connectivity index (χ0v) is 10.1. The zero-order valence-electron chi connectivity index (χ0n) is 9.31. The summed E-state index contributed by atoms with van der Waals surface area (Å²) in [7, 11) is 0. The van der Waals surface area contributed by atoms with Gasteiger partial charge in [0, 0.05) is 22.7 Å². The molecular formula is C11H15ClN2O2. The van der Waals surface area contributed by atoms with Crippen molar-refractivity contribution in [1.82, 2.24) is 0 Å². The fourth-order valence-corrected chi connectivity index (χ4v) is 1.70. The van der Waals surface area contributed by atoms with Crippen LogP contribution in [0.2, 0.25) is 5.02 Å². The normalized spacial score (nSPS) is 14.5. The molecule has 0 fully saturated rings. The molecule has 0 saturated heterocycles. The molecule has 2 N–H and O–H groups in total. The highest BCUT2D eigenvalue weighted by Crippen LogP contribution is 2.31. The van der Waals surface area contributed by atoms with Crippen molar-refractivity contribution in [2.45, 2.75) is 26.3 Å². The molecule has 0 spiro atoms. The fourth-order valence-electron chi connectivity index (χ4n) is 1.52. The van der Waals surface area contributed by atoms with Crippen molar-refractivity contribution in [3.8, 4) is 0 Å². The molecule has 1 rings (SSSR count). The first-order valence-corrected chi connectivity index (χ1v) is 5.54. The van der Waals surface area contributed by atoms with Crippen molar-refractivity contribution in [3.63, 3.8) is 0 Å². The van der Waals surface area contributed by atoms with Crippen molar-refractivity contribution in [2.75, 3.05) is 0 Å². The van der Waals surface area contributed by atoms with E-state index in [2.05, 4.69) is 0 Å². The van der Waals surface area contributed by atoms with E-state index in [-0.39, 0.29) is 17.6 Å². The molecule has 5 heteroatoms. The Bertz CT molecular complexity index is 396. The van der Waals surface area contributed by atoms with E-state index < -0.39 is 4.92 Å². The molecule has 0 aliphatic carbocycles. The number of hydrogen-bond donors (Lipinski definition) is 1. The van der Waals surface area contributed by atoms with Crippen molar-refractivity contribution >= 4 is 17.3 Å². The summed E-state index contributed by atoms with van der Waals surface area (Å²) in [6, 6.07) is 4.13. The lowest BCUT2D eigenvalue weighted by molar-refractivity contribution is -0.385. The third-order valence-electron chi connectivity index (χ3n) is 2.80. The van der Waals surface area contributed by atoms with Gasteiger partial charge in [0.1, 0.15) is 0 Å². The second kappa shape index (κ2) is 5.27. The summed E-state index contributed by atoms with van der Waals surface area (Å²) in [5.74, 6) is 0.178. The third kappa shape index (κ3) is 2.71. The van der Waals surface area contributed by atoms with Gasteiger partial charge in [0.25, 0.3) is 5.69 Å². The number of nitro groups is 1. The summed E-state index contributed by atoms with van der Waals surface area (Å²) in [5.41, 5.74) is 6.54. The fraction of sp³-hybridized carbons (Fsp3) is 0.455. The van der Waals surface area contributed by atoms with Gasteiger partial charge in [-0.2, -0.15) is 0 Å². The third-order valence-corrected chi connectivity index (χ3v) is 3.04. The summed E-state index contributed by atoms with van der Waals surface area (Å²) in [6.45, 7) is 3.97. The van der Waals surface area contributed by atoms with Gasteiger partial charge in [-0.1, -0.05) is 31.9 Å². The van der Waals surface area contributed by atoms with E-state index in [1.54, 1.807) is 6.07 Å². The number of halogens is 1. The maximum Gasteiger partial charge on any atom is 0.274 e. The quantitative estimate of drug-likeness (QED) is 0.651. The minimum absolute atomic E-state index is 0.0391. The Labute approximate surface area is 99.6 Å². The molecule has 1 aromatic rings. The Balaban J connectivity index is 3.19. The van der Waals surface area contributed by atoms with E-state index >= 15 is 0 Å². The second-order valence-electron chi connectivity index (χ2n) is 3.87. The van der Waals surface area contributed by atoms with E-state index in [0.717, 1.165) is 6.42 Å².